The SMILES string of the molecule is Nc1ccc(SCc2cccnc2Cl)cc1F. The van der Waals surface area contributed by atoms with E-state index in [1.807, 2.05) is 12.1 Å². The number of thioether (sulfide) groups is 1. The molecule has 2 nitrogen and oxygen atoms in total. The number of aromatic nitrogens is 1. The van der Waals surface area contributed by atoms with Crippen LogP contribution in [-0.2, 0) is 5.75 Å². The van der Waals surface area contributed by atoms with Gasteiger partial charge in [-0.3, -0.25) is 0 Å². The van der Waals surface area contributed by atoms with E-state index < -0.39 is 5.82 Å². The minimum Gasteiger partial charge on any atom is -0.396 e. The third-order valence-electron chi connectivity index (χ3n) is 2.20. The number of nitrogens with zero attached hydrogens (tertiary/aromatic N) is 1. The third-order valence-corrected chi connectivity index (χ3v) is 3.59. The van der Waals surface area contributed by atoms with Crippen LogP contribution in [0.5, 0.6) is 0 Å². The summed E-state index contributed by atoms with van der Waals surface area (Å²) in [6.45, 7) is 0. The molecule has 2 aromatic rings. The van der Waals surface area contributed by atoms with E-state index in [-0.39, 0.29) is 5.69 Å². The first kappa shape index (κ1) is 12.2. The Labute approximate surface area is 108 Å². The molecule has 0 fully saturated rings. The minimum absolute atomic E-state index is 0.161. The van der Waals surface area contributed by atoms with E-state index >= 15 is 0 Å². The first-order valence-electron chi connectivity index (χ1n) is 4.94. The number of nitrogen functional groups attached to an aromatic ring is 1. The average molecular weight is 269 g/mol. The van der Waals surface area contributed by atoms with Crippen LogP contribution < -0.4 is 5.73 Å². The standard InChI is InChI=1S/C12H10ClFN2S/c13-12-8(2-1-5-16-12)7-17-9-3-4-11(15)10(14)6-9/h1-6H,7,15H2. The highest BCUT2D eigenvalue weighted by atomic mass is 35.5. The van der Waals surface area contributed by atoms with Crippen molar-refractivity contribution in [3.63, 3.8) is 0 Å². The summed E-state index contributed by atoms with van der Waals surface area (Å²) in [6, 6.07) is 8.49. The molecule has 0 bridgehead atoms. The van der Waals surface area contributed by atoms with Crippen LogP contribution in [0.15, 0.2) is 41.4 Å². The number of halogens is 2. The molecule has 0 spiro atoms. The largest absolute Gasteiger partial charge is 0.396 e. The number of anilines is 1. The van der Waals surface area contributed by atoms with E-state index in [0.29, 0.717) is 10.9 Å². The lowest BCUT2D eigenvalue weighted by molar-refractivity contribution is 0.629. The quantitative estimate of drug-likeness (QED) is 0.523. The molecule has 0 radical (unpaired) electrons. The molecule has 0 aliphatic rings. The van der Waals surface area contributed by atoms with E-state index in [0.717, 1.165) is 10.5 Å². The molecule has 0 saturated carbocycles. The summed E-state index contributed by atoms with van der Waals surface area (Å²) in [5.41, 5.74) is 6.49. The van der Waals surface area contributed by atoms with Crippen LogP contribution in [0.2, 0.25) is 5.15 Å². The molecule has 0 aliphatic heterocycles. The van der Waals surface area contributed by atoms with Gasteiger partial charge in [-0.15, -0.1) is 11.8 Å². The summed E-state index contributed by atoms with van der Waals surface area (Å²) in [5.74, 6) is 0.253. The molecule has 1 heterocycles. The predicted molar refractivity (Wildman–Crippen MR) is 69.6 cm³/mol. The van der Waals surface area contributed by atoms with E-state index in [9.17, 15) is 4.39 Å². The van der Waals surface area contributed by atoms with Crippen LogP contribution in [0.4, 0.5) is 10.1 Å². The Morgan fingerprint density at radius 3 is 2.88 bits per heavy atom. The van der Waals surface area contributed by atoms with Gasteiger partial charge in [-0.1, -0.05) is 17.7 Å². The van der Waals surface area contributed by atoms with Crippen LogP contribution in [-0.4, -0.2) is 4.98 Å². The Bertz CT molecular complexity index is 534. The summed E-state index contributed by atoms with van der Waals surface area (Å²) in [4.78, 5) is 4.80. The van der Waals surface area contributed by atoms with Crippen molar-refractivity contribution >= 4 is 29.1 Å². The monoisotopic (exact) mass is 268 g/mol. The van der Waals surface area contributed by atoms with Crippen molar-refractivity contribution in [2.24, 2.45) is 0 Å². The zero-order valence-corrected chi connectivity index (χ0v) is 10.4. The highest BCUT2D eigenvalue weighted by Crippen LogP contribution is 2.27. The van der Waals surface area contributed by atoms with Crippen LogP contribution in [0.3, 0.4) is 0 Å². The Kier molecular flexibility index (Phi) is 3.86. The second-order valence-corrected chi connectivity index (χ2v) is 4.83. The van der Waals surface area contributed by atoms with E-state index in [1.165, 1.54) is 17.8 Å². The molecule has 0 atom stereocenters. The van der Waals surface area contributed by atoms with Gasteiger partial charge < -0.3 is 5.73 Å². The number of hydrogen-bond acceptors (Lipinski definition) is 3. The number of nitrogens with two attached hydrogens (primary N) is 1. The fraction of sp³-hybridized carbons (Fsp3) is 0.0833. The number of rotatable bonds is 3. The summed E-state index contributed by atoms with van der Waals surface area (Å²) < 4.78 is 13.2. The summed E-state index contributed by atoms with van der Waals surface area (Å²) in [7, 11) is 0. The van der Waals surface area contributed by atoms with Crippen molar-refractivity contribution in [1.82, 2.24) is 4.98 Å². The third kappa shape index (κ3) is 3.11. The number of pyridine rings is 1. The highest BCUT2D eigenvalue weighted by Gasteiger charge is 2.04. The molecule has 0 saturated heterocycles. The van der Waals surface area contributed by atoms with Crippen molar-refractivity contribution in [1.29, 1.82) is 0 Å². The Hall–Kier alpha value is -1.26. The van der Waals surface area contributed by atoms with Gasteiger partial charge in [-0.05, 0) is 29.8 Å². The maximum atomic E-state index is 13.2. The molecule has 2 rings (SSSR count). The maximum Gasteiger partial charge on any atom is 0.147 e. The zero-order chi connectivity index (χ0) is 12.3. The highest BCUT2D eigenvalue weighted by molar-refractivity contribution is 7.98. The molecule has 88 valence electrons. The molecule has 2 N–H and O–H groups in total. The van der Waals surface area contributed by atoms with E-state index in [4.69, 9.17) is 17.3 Å². The van der Waals surface area contributed by atoms with Gasteiger partial charge in [0.25, 0.3) is 0 Å². The zero-order valence-electron chi connectivity index (χ0n) is 8.86. The molecule has 1 aromatic carbocycles. The lowest BCUT2D eigenvalue weighted by Gasteiger charge is -2.04. The fourth-order valence-corrected chi connectivity index (χ4v) is 2.46. The molecular weight excluding hydrogens is 259 g/mol. The minimum atomic E-state index is -0.396. The number of benzene rings is 1. The Morgan fingerprint density at radius 1 is 1.35 bits per heavy atom. The second kappa shape index (κ2) is 5.38. The van der Waals surface area contributed by atoms with E-state index in [1.54, 1.807) is 18.3 Å². The van der Waals surface area contributed by atoms with Crippen molar-refractivity contribution in [3.05, 3.63) is 53.1 Å². The topological polar surface area (TPSA) is 38.9 Å². The van der Waals surface area contributed by atoms with Gasteiger partial charge in [0.05, 0.1) is 5.69 Å². The smallest absolute Gasteiger partial charge is 0.147 e. The van der Waals surface area contributed by atoms with Crippen LogP contribution in [0.1, 0.15) is 5.56 Å². The fourth-order valence-electron chi connectivity index (χ4n) is 1.29. The van der Waals surface area contributed by atoms with Crippen molar-refractivity contribution in [2.75, 3.05) is 5.73 Å². The van der Waals surface area contributed by atoms with Gasteiger partial charge in [0.15, 0.2) is 0 Å². The predicted octanol–water partition coefficient (Wildman–Crippen LogP) is 3.75. The van der Waals surface area contributed by atoms with Gasteiger partial charge in [-0.2, -0.15) is 0 Å². The average Bonchev–Trinajstić information content (AvgIpc) is 2.32. The second-order valence-electron chi connectivity index (χ2n) is 3.43. The molecule has 17 heavy (non-hydrogen) atoms. The molecule has 1 aromatic heterocycles. The van der Waals surface area contributed by atoms with Gasteiger partial charge in [0, 0.05) is 16.8 Å². The number of hydrogen-bond donors (Lipinski definition) is 1. The molecule has 0 unspecified atom stereocenters. The van der Waals surface area contributed by atoms with Gasteiger partial charge in [-0.25, -0.2) is 9.37 Å². The van der Waals surface area contributed by atoms with Crippen LogP contribution >= 0.6 is 23.4 Å². The van der Waals surface area contributed by atoms with Crippen LogP contribution in [0.25, 0.3) is 0 Å². The normalized spacial score (nSPS) is 10.5. The van der Waals surface area contributed by atoms with Crippen LogP contribution in [0, 0.1) is 5.82 Å². The lowest BCUT2D eigenvalue weighted by Crippen LogP contribution is -1.90. The molecular formula is C12H10ClFN2S. The van der Waals surface area contributed by atoms with Gasteiger partial charge in [0.1, 0.15) is 11.0 Å². The van der Waals surface area contributed by atoms with Crippen molar-refractivity contribution < 1.29 is 4.39 Å². The summed E-state index contributed by atoms with van der Waals surface area (Å²) in [6.07, 6.45) is 1.64. The first-order chi connectivity index (χ1) is 8.16. The molecule has 0 aliphatic carbocycles. The van der Waals surface area contributed by atoms with Crippen molar-refractivity contribution in [3.8, 4) is 0 Å². The Balaban J connectivity index is 2.08. The molecule has 5 heteroatoms. The summed E-state index contributed by atoms with van der Waals surface area (Å²) in [5, 5.41) is 0.482. The lowest BCUT2D eigenvalue weighted by atomic mass is 10.3. The first-order valence-corrected chi connectivity index (χ1v) is 6.30. The maximum absolute atomic E-state index is 13.2. The van der Waals surface area contributed by atoms with E-state index in [2.05, 4.69) is 4.98 Å². The Morgan fingerprint density at radius 2 is 2.18 bits per heavy atom. The van der Waals surface area contributed by atoms with Gasteiger partial charge >= 0.3 is 0 Å². The van der Waals surface area contributed by atoms with Crippen molar-refractivity contribution in [2.45, 2.75) is 10.6 Å². The molecule has 0 amide bonds. The summed E-state index contributed by atoms with van der Waals surface area (Å²) >= 11 is 7.42. The van der Waals surface area contributed by atoms with Gasteiger partial charge in [0.2, 0.25) is 0 Å².